The van der Waals surface area contributed by atoms with E-state index in [2.05, 4.69) is 10.1 Å². The van der Waals surface area contributed by atoms with Gasteiger partial charge in [-0.25, -0.2) is 0 Å². The van der Waals surface area contributed by atoms with Crippen molar-refractivity contribution in [3.63, 3.8) is 0 Å². The molecule has 0 saturated carbocycles. The Morgan fingerprint density at radius 2 is 1.93 bits per heavy atom. The summed E-state index contributed by atoms with van der Waals surface area (Å²) in [6.07, 6.45) is 1.11. The zero-order valence-corrected chi connectivity index (χ0v) is 7.54. The smallest absolute Gasteiger partial charge is 0.387 e. The third kappa shape index (κ3) is 2.01. The van der Waals surface area contributed by atoms with Crippen LogP contribution in [0.4, 0.5) is 8.78 Å². The lowest BCUT2D eigenvalue weighted by atomic mass is 9.98. The molecule has 4 heteroatoms. The first-order valence-electron chi connectivity index (χ1n) is 4.54. The van der Waals surface area contributed by atoms with Crippen molar-refractivity contribution in [2.45, 2.75) is 19.1 Å². The Labute approximate surface area is 80.9 Å². The Balaban J connectivity index is 2.02. The monoisotopic (exact) mass is 199 g/mol. The molecule has 1 aromatic rings. The van der Waals surface area contributed by atoms with Gasteiger partial charge in [-0.15, -0.1) is 0 Å². The van der Waals surface area contributed by atoms with E-state index in [1.807, 2.05) is 12.1 Å². The fourth-order valence-corrected chi connectivity index (χ4v) is 1.45. The number of ether oxygens (including phenoxy) is 1. The summed E-state index contributed by atoms with van der Waals surface area (Å²) in [7, 11) is 0. The van der Waals surface area contributed by atoms with E-state index in [0.29, 0.717) is 6.04 Å². The van der Waals surface area contributed by atoms with Gasteiger partial charge in [0.2, 0.25) is 0 Å². The molecule has 1 aliphatic rings. The molecule has 1 heterocycles. The van der Waals surface area contributed by atoms with Crippen LogP contribution in [0.1, 0.15) is 18.0 Å². The highest BCUT2D eigenvalue weighted by molar-refractivity contribution is 5.30. The van der Waals surface area contributed by atoms with E-state index < -0.39 is 6.61 Å². The van der Waals surface area contributed by atoms with Gasteiger partial charge in [-0.1, -0.05) is 12.1 Å². The van der Waals surface area contributed by atoms with Gasteiger partial charge in [0.05, 0.1) is 0 Å². The Kier molecular flexibility index (Phi) is 2.63. The number of halogens is 2. The van der Waals surface area contributed by atoms with Crippen LogP contribution in [-0.2, 0) is 0 Å². The van der Waals surface area contributed by atoms with Crippen molar-refractivity contribution in [3.8, 4) is 5.75 Å². The van der Waals surface area contributed by atoms with Crippen molar-refractivity contribution < 1.29 is 13.5 Å². The molecule has 14 heavy (non-hydrogen) atoms. The molecular formula is C10H11F2NO. The second-order valence-electron chi connectivity index (χ2n) is 3.24. The van der Waals surface area contributed by atoms with Crippen LogP contribution in [0, 0.1) is 0 Å². The SMILES string of the molecule is FC(F)Oc1ccc([C@H]2CCN2)cc1. The van der Waals surface area contributed by atoms with E-state index in [4.69, 9.17) is 0 Å². The molecule has 1 saturated heterocycles. The summed E-state index contributed by atoms with van der Waals surface area (Å²) in [6.45, 7) is -1.72. The summed E-state index contributed by atoms with van der Waals surface area (Å²) in [4.78, 5) is 0. The predicted molar refractivity (Wildman–Crippen MR) is 48.4 cm³/mol. The van der Waals surface area contributed by atoms with E-state index >= 15 is 0 Å². The fourth-order valence-electron chi connectivity index (χ4n) is 1.45. The molecule has 1 aromatic carbocycles. The number of rotatable bonds is 3. The molecule has 0 aliphatic carbocycles. The van der Waals surface area contributed by atoms with Gasteiger partial charge in [0.15, 0.2) is 0 Å². The minimum Gasteiger partial charge on any atom is -0.435 e. The second-order valence-corrected chi connectivity index (χ2v) is 3.24. The molecule has 1 fully saturated rings. The Bertz CT molecular complexity index is 295. The van der Waals surface area contributed by atoms with Gasteiger partial charge in [-0.2, -0.15) is 8.78 Å². The fraction of sp³-hybridized carbons (Fsp3) is 0.400. The second kappa shape index (κ2) is 3.92. The van der Waals surface area contributed by atoms with Gasteiger partial charge in [0.1, 0.15) is 5.75 Å². The van der Waals surface area contributed by atoms with Crippen LogP contribution in [0.5, 0.6) is 5.75 Å². The van der Waals surface area contributed by atoms with Crippen LogP contribution in [-0.4, -0.2) is 13.2 Å². The van der Waals surface area contributed by atoms with Crippen molar-refractivity contribution in [1.82, 2.24) is 5.32 Å². The van der Waals surface area contributed by atoms with E-state index in [1.165, 1.54) is 0 Å². The average Bonchev–Trinajstić information content (AvgIpc) is 2.04. The van der Waals surface area contributed by atoms with Gasteiger partial charge in [-0.3, -0.25) is 0 Å². The molecule has 0 spiro atoms. The Hall–Kier alpha value is -1.16. The van der Waals surface area contributed by atoms with E-state index in [9.17, 15) is 8.78 Å². The highest BCUT2D eigenvalue weighted by Crippen LogP contribution is 2.24. The lowest BCUT2D eigenvalue weighted by Gasteiger charge is -2.28. The normalized spacial score (nSPS) is 20.6. The molecule has 0 bridgehead atoms. The van der Waals surface area contributed by atoms with Gasteiger partial charge < -0.3 is 10.1 Å². The number of nitrogens with one attached hydrogen (secondary N) is 1. The van der Waals surface area contributed by atoms with Crippen molar-refractivity contribution in [2.75, 3.05) is 6.54 Å². The standard InChI is InChI=1S/C10H11F2NO/c11-10(12)14-8-3-1-7(2-4-8)9-5-6-13-9/h1-4,9-10,13H,5-6H2/t9-/m1/s1. The molecule has 0 radical (unpaired) electrons. The van der Waals surface area contributed by atoms with E-state index in [0.717, 1.165) is 18.5 Å². The molecule has 0 amide bonds. The van der Waals surface area contributed by atoms with Crippen LogP contribution < -0.4 is 10.1 Å². The third-order valence-electron chi connectivity index (χ3n) is 2.33. The number of hydrogen-bond acceptors (Lipinski definition) is 2. The van der Waals surface area contributed by atoms with Crippen molar-refractivity contribution >= 4 is 0 Å². The average molecular weight is 199 g/mol. The van der Waals surface area contributed by atoms with Gasteiger partial charge in [0.25, 0.3) is 0 Å². The molecule has 2 nitrogen and oxygen atoms in total. The quantitative estimate of drug-likeness (QED) is 0.806. The van der Waals surface area contributed by atoms with Crippen molar-refractivity contribution in [2.24, 2.45) is 0 Å². The van der Waals surface area contributed by atoms with Crippen LogP contribution in [0.25, 0.3) is 0 Å². The summed E-state index contributed by atoms with van der Waals surface area (Å²) >= 11 is 0. The predicted octanol–water partition coefficient (Wildman–Crippen LogP) is 2.32. The summed E-state index contributed by atoms with van der Waals surface area (Å²) in [5.74, 6) is 0.211. The summed E-state index contributed by atoms with van der Waals surface area (Å²) in [6, 6.07) is 7.15. The lowest BCUT2D eigenvalue weighted by molar-refractivity contribution is -0.0498. The maximum atomic E-state index is 11.8. The molecule has 2 rings (SSSR count). The largest absolute Gasteiger partial charge is 0.435 e. The number of benzene rings is 1. The maximum absolute atomic E-state index is 11.8. The Morgan fingerprint density at radius 1 is 1.29 bits per heavy atom. The molecule has 1 N–H and O–H groups in total. The first-order valence-corrected chi connectivity index (χ1v) is 4.54. The highest BCUT2D eigenvalue weighted by Gasteiger charge is 2.18. The lowest BCUT2D eigenvalue weighted by Crippen LogP contribution is -2.34. The minimum atomic E-state index is -2.75. The summed E-state index contributed by atoms with van der Waals surface area (Å²) < 4.78 is 27.9. The van der Waals surface area contributed by atoms with Crippen LogP contribution in [0.3, 0.4) is 0 Å². The van der Waals surface area contributed by atoms with Crippen LogP contribution in [0.15, 0.2) is 24.3 Å². The van der Waals surface area contributed by atoms with Gasteiger partial charge >= 0.3 is 6.61 Å². The first kappa shape index (κ1) is 9.40. The van der Waals surface area contributed by atoms with Crippen LogP contribution in [0.2, 0.25) is 0 Å². The first-order chi connectivity index (χ1) is 6.75. The Morgan fingerprint density at radius 3 is 2.36 bits per heavy atom. The zero-order valence-electron chi connectivity index (χ0n) is 7.54. The summed E-state index contributed by atoms with van der Waals surface area (Å²) in [5.41, 5.74) is 1.12. The number of hydrogen-bond donors (Lipinski definition) is 1. The zero-order chi connectivity index (χ0) is 9.97. The molecule has 1 atom stereocenters. The molecule has 1 aliphatic heterocycles. The topological polar surface area (TPSA) is 21.3 Å². The molecular weight excluding hydrogens is 188 g/mol. The molecule has 0 unspecified atom stereocenters. The van der Waals surface area contributed by atoms with Gasteiger partial charge in [-0.05, 0) is 30.7 Å². The maximum Gasteiger partial charge on any atom is 0.387 e. The van der Waals surface area contributed by atoms with Crippen molar-refractivity contribution in [3.05, 3.63) is 29.8 Å². The van der Waals surface area contributed by atoms with E-state index in [1.54, 1.807) is 12.1 Å². The number of alkyl halides is 2. The van der Waals surface area contributed by atoms with Crippen molar-refractivity contribution in [1.29, 1.82) is 0 Å². The van der Waals surface area contributed by atoms with Gasteiger partial charge in [0, 0.05) is 6.04 Å². The molecule has 0 aromatic heterocycles. The van der Waals surface area contributed by atoms with E-state index in [-0.39, 0.29) is 5.75 Å². The summed E-state index contributed by atoms with van der Waals surface area (Å²) in [5, 5.41) is 3.23. The van der Waals surface area contributed by atoms with Crippen LogP contribution >= 0.6 is 0 Å². The third-order valence-corrected chi connectivity index (χ3v) is 2.33. The highest BCUT2D eigenvalue weighted by atomic mass is 19.3. The molecule has 76 valence electrons. The minimum absolute atomic E-state index is 0.211.